The van der Waals surface area contributed by atoms with Gasteiger partial charge in [-0.15, -0.1) is 0 Å². The standard InChI is InChI=1S/C15H19N3O/c1-18-10-14(9-16-18)17-13-7-12(8-13)11-3-5-15(19-2)6-4-11/h3-6,9-10,12-13,17H,7-8H2,1-2H3. The number of ether oxygens (including phenoxy) is 1. The molecule has 0 aliphatic heterocycles. The first kappa shape index (κ1) is 12.1. The third-order valence-electron chi connectivity index (χ3n) is 3.80. The first-order chi connectivity index (χ1) is 9.24. The lowest BCUT2D eigenvalue weighted by atomic mass is 9.76. The maximum absolute atomic E-state index is 5.18. The van der Waals surface area contributed by atoms with E-state index in [0.29, 0.717) is 12.0 Å². The Morgan fingerprint density at radius 3 is 2.58 bits per heavy atom. The Bertz CT molecular complexity index is 541. The molecule has 0 saturated heterocycles. The summed E-state index contributed by atoms with van der Waals surface area (Å²) in [7, 11) is 3.64. The van der Waals surface area contributed by atoms with Gasteiger partial charge in [0.25, 0.3) is 0 Å². The van der Waals surface area contributed by atoms with Crippen LogP contribution in [0.25, 0.3) is 0 Å². The van der Waals surface area contributed by atoms with Crippen LogP contribution in [0.15, 0.2) is 36.7 Å². The molecular formula is C15H19N3O. The monoisotopic (exact) mass is 257 g/mol. The summed E-state index contributed by atoms with van der Waals surface area (Å²) in [6, 6.07) is 8.98. The van der Waals surface area contributed by atoms with Gasteiger partial charge in [-0.25, -0.2) is 0 Å². The number of hydrogen-bond donors (Lipinski definition) is 1. The second kappa shape index (κ2) is 4.96. The Kier molecular flexibility index (Phi) is 3.15. The van der Waals surface area contributed by atoms with Crippen molar-refractivity contribution in [1.29, 1.82) is 0 Å². The molecule has 0 spiro atoms. The Balaban J connectivity index is 1.54. The summed E-state index contributed by atoms with van der Waals surface area (Å²) in [6.07, 6.45) is 6.25. The molecule has 0 amide bonds. The molecular weight excluding hydrogens is 238 g/mol. The molecule has 1 N–H and O–H groups in total. The normalized spacial score (nSPS) is 21.8. The topological polar surface area (TPSA) is 39.1 Å². The van der Waals surface area contributed by atoms with Crippen molar-refractivity contribution in [2.24, 2.45) is 7.05 Å². The van der Waals surface area contributed by atoms with Crippen LogP contribution in [0.3, 0.4) is 0 Å². The van der Waals surface area contributed by atoms with Crippen molar-refractivity contribution >= 4 is 5.69 Å². The van der Waals surface area contributed by atoms with E-state index in [9.17, 15) is 0 Å². The van der Waals surface area contributed by atoms with Crippen molar-refractivity contribution in [3.05, 3.63) is 42.2 Å². The molecule has 1 aliphatic rings. The average molecular weight is 257 g/mol. The average Bonchev–Trinajstić information content (AvgIpc) is 2.79. The van der Waals surface area contributed by atoms with Crippen molar-refractivity contribution in [3.63, 3.8) is 0 Å². The minimum atomic E-state index is 0.566. The molecule has 2 aromatic rings. The van der Waals surface area contributed by atoms with Crippen LogP contribution in [0.1, 0.15) is 24.3 Å². The lowest BCUT2D eigenvalue weighted by Gasteiger charge is -2.36. The number of hydrogen-bond acceptors (Lipinski definition) is 3. The second-order valence-corrected chi connectivity index (χ2v) is 5.19. The van der Waals surface area contributed by atoms with Gasteiger partial charge >= 0.3 is 0 Å². The highest BCUT2D eigenvalue weighted by molar-refractivity contribution is 5.41. The molecule has 1 aliphatic carbocycles. The third-order valence-corrected chi connectivity index (χ3v) is 3.80. The number of anilines is 1. The van der Waals surface area contributed by atoms with Gasteiger partial charge in [0.15, 0.2) is 0 Å². The van der Waals surface area contributed by atoms with E-state index in [1.54, 1.807) is 7.11 Å². The summed E-state index contributed by atoms with van der Waals surface area (Å²) < 4.78 is 7.00. The van der Waals surface area contributed by atoms with Gasteiger partial charge in [-0.1, -0.05) is 12.1 Å². The van der Waals surface area contributed by atoms with Crippen molar-refractivity contribution in [1.82, 2.24) is 9.78 Å². The van der Waals surface area contributed by atoms with Crippen molar-refractivity contribution in [2.75, 3.05) is 12.4 Å². The fourth-order valence-corrected chi connectivity index (χ4v) is 2.62. The van der Waals surface area contributed by atoms with Gasteiger partial charge in [0.05, 0.1) is 19.0 Å². The number of benzene rings is 1. The van der Waals surface area contributed by atoms with Gasteiger partial charge in [0, 0.05) is 19.3 Å². The van der Waals surface area contributed by atoms with Crippen molar-refractivity contribution < 1.29 is 4.74 Å². The van der Waals surface area contributed by atoms with E-state index in [0.717, 1.165) is 11.4 Å². The SMILES string of the molecule is COc1ccc(C2CC(Nc3cnn(C)c3)C2)cc1. The highest BCUT2D eigenvalue weighted by Crippen LogP contribution is 2.38. The predicted octanol–water partition coefficient (Wildman–Crippen LogP) is 2.79. The Morgan fingerprint density at radius 2 is 2.00 bits per heavy atom. The molecule has 1 saturated carbocycles. The van der Waals surface area contributed by atoms with Gasteiger partial charge in [0.2, 0.25) is 0 Å². The smallest absolute Gasteiger partial charge is 0.118 e. The number of aromatic nitrogens is 2. The molecule has 4 heteroatoms. The van der Waals surface area contributed by atoms with Gasteiger partial charge < -0.3 is 10.1 Å². The van der Waals surface area contributed by atoms with E-state index < -0.39 is 0 Å². The maximum atomic E-state index is 5.18. The zero-order valence-electron chi connectivity index (χ0n) is 11.3. The van der Waals surface area contributed by atoms with Gasteiger partial charge in [-0.05, 0) is 36.5 Å². The molecule has 0 unspecified atom stereocenters. The molecule has 0 bridgehead atoms. The summed E-state index contributed by atoms with van der Waals surface area (Å²) in [4.78, 5) is 0. The van der Waals surface area contributed by atoms with Crippen LogP contribution < -0.4 is 10.1 Å². The Morgan fingerprint density at radius 1 is 1.26 bits per heavy atom. The minimum Gasteiger partial charge on any atom is -0.497 e. The van der Waals surface area contributed by atoms with E-state index >= 15 is 0 Å². The number of rotatable bonds is 4. The molecule has 0 radical (unpaired) electrons. The van der Waals surface area contributed by atoms with E-state index in [4.69, 9.17) is 4.74 Å². The molecule has 3 rings (SSSR count). The van der Waals surface area contributed by atoms with Crippen LogP contribution in [0, 0.1) is 0 Å². The van der Waals surface area contributed by atoms with Gasteiger partial charge in [-0.3, -0.25) is 4.68 Å². The molecule has 1 heterocycles. The number of aryl methyl sites for hydroxylation is 1. The van der Waals surface area contributed by atoms with Crippen LogP contribution in [0.5, 0.6) is 5.75 Å². The van der Waals surface area contributed by atoms with Gasteiger partial charge in [0.1, 0.15) is 5.75 Å². The summed E-state index contributed by atoms with van der Waals surface area (Å²) in [5.74, 6) is 1.59. The lowest BCUT2D eigenvalue weighted by molar-refractivity contribution is 0.373. The van der Waals surface area contributed by atoms with E-state index in [1.807, 2.05) is 36.3 Å². The van der Waals surface area contributed by atoms with Crippen molar-refractivity contribution in [2.45, 2.75) is 24.8 Å². The minimum absolute atomic E-state index is 0.566. The molecule has 4 nitrogen and oxygen atoms in total. The molecule has 1 aromatic carbocycles. The largest absolute Gasteiger partial charge is 0.497 e. The fraction of sp³-hybridized carbons (Fsp3) is 0.400. The zero-order valence-corrected chi connectivity index (χ0v) is 11.3. The third kappa shape index (κ3) is 2.57. The molecule has 0 atom stereocenters. The highest BCUT2D eigenvalue weighted by atomic mass is 16.5. The molecule has 1 aromatic heterocycles. The number of methoxy groups -OCH3 is 1. The number of nitrogens with one attached hydrogen (secondary N) is 1. The van der Waals surface area contributed by atoms with E-state index in [1.165, 1.54) is 18.4 Å². The summed E-state index contributed by atoms with van der Waals surface area (Å²) >= 11 is 0. The summed E-state index contributed by atoms with van der Waals surface area (Å²) in [6.45, 7) is 0. The number of nitrogens with zero attached hydrogens (tertiary/aromatic N) is 2. The van der Waals surface area contributed by atoms with Crippen LogP contribution in [-0.4, -0.2) is 22.9 Å². The molecule has 100 valence electrons. The second-order valence-electron chi connectivity index (χ2n) is 5.19. The van der Waals surface area contributed by atoms with Crippen LogP contribution >= 0.6 is 0 Å². The lowest BCUT2D eigenvalue weighted by Crippen LogP contribution is -2.33. The van der Waals surface area contributed by atoms with E-state index in [-0.39, 0.29) is 0 Å². The quantitative estimate of drug-likeness (QED) is 0.915. The Labute approximate surface area is 113 Å². The van der Waals surface area contributed by atoms with E-state index in [2.05, 4.69) is 22.5 Å². The summed E-state index contributed by atoms with van der Waals surface area (Å²) in [5.41, 5.74) is 2.52. The van der Waals surface area contributed by atoms with Crippen LogP contribution in [0.2, 0.25) is 0 Å². The van der Waals surface area contributed by atoms with Gasteiger partial charge in [-0.2, -0.15) is 5.10 Å². The molecule has 1 fully saturated rings. The summed E-state index contributed by atoms with van der Waals surface area (Å²) in [5, 5.41) is 7.68. The highest BCUT2D eigenvalue weighted by Gasteiger charge is 2.30. The maximum Gasteiger partial charge on any atom is 0.118 e. The molecule has 19 heavy (non-hydrogen) atoms. The zero-order chi connectivity index (χ0) is 13.2. The Hall–Kier alpha value is -1.97. The first-order valence-corrected chi connectivity index (χ1v) is 6.64. The van der Waals surface area contributed by atoms with Crippen molar-refractivity contribution in [3.8, 4) is 5.75 Å². The first-order valence-electron chi connectivity index (χ1n) is 6.64. The van der Waals surface area contributed by atoms with Crippen LogP contribution in [-0.2, 0) is 7.05 Å². The van der Waals surface area contributed by atoms with Crippen LogP contribution in [0.4, 0.5) is 5.69 Å². The predicted molar refractivity (Wildman–Crippen MR) is 75.6 cm³/mol. The fourth-order valence-electron chi connectivity index (χ4n) is 2.62.